The molecular formula is C10H12PS+. The van der Waals surface area contributed by atoms with Crippen LogP contribution in [0.2, 0.25) is 0 Å². The molecule has 12 heavy (non-hydrogen) atoms. The Bertz CT molecular complexity index is 279. The van der Waals surface area contributed by atoms with Gasteiger partial charge >= 0.3 is 0 Å². The second kappa shape index (κ2) is 4.11. The van der Waals surface area contributed by atoms with E-state index >= 15 is 0 Å². The van der Waals surface area contributed by atoms with Crippen molar-refractivity contribution in [2.45, 2.75) is 17.7 Å². The van der Waals surface area contributed by atoms with Gasteiger partial charge in [0.15, 0.2) is 6.75 Å². The van der Waals surface area contributed by atoms with Gasteiger partial charge in [0.2, 0.25) is 0 Å². The van der Waals surface area contributed by atoms with Gasteiger partial charge in [-0.1, -0.05) is 18.2 Å². The SMILES string of the molecule is C1=[P+](Sc2ccccc2)CCC1. The molecule has 0 aromatic heterocycles. The first-order chi connectivity index (χ1) is 5.95. The monoisotopic (exact) mass is 195 g/mol. The Morgan fingerprint density at radius 3 is 2.67 bits per heavy atom. The fraction of sp³-hybridized carbons (Fsp3) is 0.300. The summed E-state index contributed by atoms with van der Waals surface area (Å²) >= 11 is 2.06. The first kappa shape index (κ1) is 8.34. The van der Waals surface area contributed by atoms with Crippen molar-refractivity contribution >= 4 is 23.9 Å². The van der Waals surface area contributed by atoms with E-state index in [0.717, 1.165) is 0 Å². The van der Waals surface area contributed by atoms with Crippen LogP contribution in [-0.4, -0.2) is 12.0 Å². The van der Waals surface area contributed by atoms with Crippen LogP contribution in [0.3, 0.4) is 0 Å². The lowest BCUT2D eigenvalue weighted by molar-refractivity contribution is 1.05. The maximum absolute atomic E-state index is 2.51. The van der Waals surface area contributed by atoms with Crippen molar-refractivity contribution in [1.82, 2.24) is 0 Å². The maximum Gasteiger partial charge on any atom is 0.165 e. The van der Waals surface area contributed by atoms with Crippen molar-refractivity contribution < 1.29 is 0 Å². The van der Waals surface area contributed by atoms with Gasteiger partial charge in [-0.05, 0) is 18.6 Å². The summed E-state index contributed by atoms with van der Waals surface area (Å²) < 4.78 is 0. The molecule has 0 saturated carbocycles. The van der Waals surface area contributed by atoms with Crippen LogP contribution in [0, 0.1) is 0 Å². The van der Waals surface area contributed by atoms with Crippen molar-refractivity contribution in [2.75, 3.05) is 6.16 Å². The molecule has 1 unspecified atom stereocenters. The molecule has 0 bridgehead atoms. The Morgan fingerprint density at radius 1 is 1.17 bits per heavy atom. The molecule has 0 saturated heterocycles. The third-order valence-corrected chi connectivity index (χ3v) is 6.35. The summed E-state index contributed by atoms with van der Waals surface area (Å²) in [6.07, 6.45) is 4.17. The van der Waals surface area contributed by atoms with Gasteiger partial charge in [0.05, 0.1) is 10.7 Å². The lowest BCUT2D eigenvalue weighted by Crippen LogP contribution is -1.66. The summed E-state index contributed by atoms with van der Waals surface area (Å²) in [6, 6.07) is 10.7. The molecule has 0 N–H and O–H groups in total. The molecule has 0 amide bonds. The van der Waals surface area contributed by atoms with Gasteiger partial charge < -0.3 is 0 Å². The Hall–Kier alpha value is -0.260. The van der Waals surface area contributed by atoms with Gasteiger partial charge in [0.1, 0.15) is 17.5 Å². The van der Waals surface area contributed by atoms with Gasteiger partial charge in [-0.25, -0.2) is 0 Å². The number of hydrogen-bond donors (Lipinski definition) is 0. The summed E-state index contributed by atoms with van der Waals surface area (Å²) in [4.78, 5) is 1.43. The molecule has 1 atom stereocenters. The third kappa shape index (κ3) is 2.12. The fourth-order valence-corrected chi connectivity index (χ4v) is 5.51. The minimum atomic E-state index is 0.170. The largest absolute Gasteiger partial charge is 0.165 e. The summed E-state index contributed by atoms with van der Waals surface area (Å²) in [6.45, 7) is 0.170. The predicted molar refractivity (Wildman–Crippen MR) is 59.4 cm³/mol. The number of hydrogen-bond acceptors (Lipinski definition) is 1. The fourth-order valence-electron chi connectivity index (χ4n) is 1.27. The molecule has 1 aromatic carbocycles. The molecule has 0 aliphatic carbocycles. The van der Waals surface area contributed by atoms with E-state index in [0.29, 0.717) is 0 Å². The minimum absolute atomic E-state index is 0.170. The minimum Gasteiger partial charge on any atom is -0.0622 e. The zero-order valence-corrected chi connectivity index (χ0v) is 8.65. The molecule has 0 nitrogen and oxygen atoms in total. The molecule has 1 aliphatic heterocycles. The van der Waals surface area contributed by atoms with E-state index in [-0.39, 0.29) is 6.75 Å². The van der Waals surface area contributed by atoms with Crippen LogP contribution in [0.25, 0.3) is 0 Å². The van der Waals surface area contributed by atoms with Crippen LogP contribution in [0.1, 0.15) is 12.8 Å². The Labute approximate surface area is 78.5 Å². The van der Waals surface area contributed by atoms with Gasteiger partial charge in [-0.2, -0.15) is 0 Å². The highest BCUT2D eigenvalue weighted by Gasteiger charge is 2.17. The molecule has 0 spiro atoms. The van der Waals surface area contributed by atoms with Gasteiger partial charge in [0, 0.05) is 6.42 Å². The highest BCUT2D eigenvalue weighted by Crippen LogP contribution is 2.47. The Morgan fingerprint density at radius 2 is 2.00 bits per heavy atom. The third-order valence-electron chi connectivity index (χ3n) is 1.88. The second-order valence-electron chi connectivity index (χ2n) is 2.87. The molecular weight excluding hydrogens is 183 g/mol. The van der Waals surface area contributed by atoms with Crippen molar-refractivity contribution in [1.29, 1.82) is 0 Å². The lowest BCUT2D eigenvalue weighted by Gasteiger charge is -1.89. The summed E-state index contributed by atoms with van der Waals surface area (Å²) in [5.74, 6) is 2.51. The summed E-state index contributed by atoms with van der Waals surface area (Å²) in [5.41, 5.74) is 0. The van der Waals surface area contributed by atoms with Crippen LogP contribution in [0.4, 0.5) is 0 Å². The maximum atomic E-state index is 2.51. The predicted octanol–water partition coefficient (Wildman–Crippen LogP) is 3.77. The first-order valence-corrected chi connectivity index (χ1v) is 7.30. The summed E-state index contributed by atoms with van der Waals surface area (Å²) in [5, 5.41) is 0. The molecule has 1 aliphatic rings. The first-order valence-electron chi connectivity index (χ1n) is 4.28. The van der Waals surface area contributed by atoms with Gasteiger partial charge in [0.25, 0.3) is 0 Å². The van der Waals surface area contributed by atoms with E-state index < -0.39 is 0 Å². The standard InChI is InChI=1S/C10H12PS/c1-2-6-10(7-3-1)12-11-8-4-5-9-11/h1-3,6-8H,4-5,9H2/q+1. The molecule has 1 heterocycles. The summed E-state index contributed by atoms with van der Waals surface area (Å²) in [7, 11) is 0. The lowest BCUT2D eigenvalue weighted by atomic mass is 10.4. The van der Waals surface area contributed by atoms with E-state index in [1.807, 2.05) is 0 Å². The smallest absolute Gasteiger partial charge is 0.0622 e. The topological polar surface area (TPSA) is 0 Å². The van der Waals surface area contributed by atoms with Crippen molar-refractivity contribution in [2.24, 2.45) is 0 Å². The van der Waals surface area contributed by atoms with Crippen LogP contribution in [0.5, 0.6) is 0 Å². The van der Waals surface area contributed by atoms with Crippen LogP contribution < -0.4 is 0 Å². The zero-order chi connectivity index (χ0) is 8.23. The molecule has 2 rings (SSSR count). The second-order valence-corrected chi connectivity index (χ2v) is 7.13. The molecule has 2 heteroatoms. The number of rotatable bonds is 2. The highest BCUT2D eigenvalue weighted by atomic mass is 32.7. The zero-order valence-electron chi connectivity index (χ0n) is 6.94. The van der Waals surface area contributed by atoms with Crippen LogP contribution in [0.15, 0.2) is 35.2 Å². The van der Waals surface area contributed by atoms with E-state index in [4.69, 9.17) is 0 Å². The molecule has 1 aromatic rings. The Kier molecular flexibility index (Phi) is 2.86. The van der Waals surface area contributed by atoms with E-state index in [9.17, 15) is 0 Å². The average molecular weight is 195 g/mol. The molecule has 62 valence electrons. The van der Waals surface area contributed by atoms with Crippen LogP contribution in [-0.2, 0) is 0 Å². The molecule has 0 radical (unpaired) electrons. The normalized spacial score (nSPS) is 19.2. The number of benzene rings is 1. The average Bonchev–Trinajstić information content (AvgIpc) is 2.59. The van der Waals surface area contributed by atoms with Crippen molar-refractivity contribution in [3.63, 3.8) is 0 Å². The van der Waals surface area contributed by atoms with E-state index in [1.54, 1.807) is 0 Å². The van der Waals surface area contributed by atoms with Gasteiger partial charge in [-0.15, -0.1) is 0 Å². The van der Waals surface area contributed by atoms with Crippen molar-refractivity contribution in [3.05, 3.63) is 30.3 Å². The van der Waals surface area contributed by atoms with Crippen LogP contribution >= 0.6 is 18.1 Å². The Balaban J connectivity index is 2.04. The highest BCUT2D eigenvalue weighted by molar-refractivity contribution is 8.54. The van der Waals surface area contributed by atoms with E-state index in [1.165, 1.54) is 23.9 Å². The van der Waals surface area contributed by atoms with Gasteiger partial charge in [-0.3, -0.25) is 0 Å². The van der Waals surface area contributed by atoms with E-state index in [2.05, 4.69) is 47.5 Å². The molecule has 0 fully saturated rings. The van der Waals surface area contributed by atoms with Crippen molar-refractivity contribution in [3.8, 4) is 0 Å². The quantitative estimate of drug-likeness (QED) is 0.647.